The first kappa shape index (κ1) is 21.4. The van der Waals surface area contributed by atoms with Gasteiger partial charge in [0.1, 0.15) is 6.10 Å². The fraction of sp³-hybridized carbons (Fsp3) is 0.783. The standard InChI is InChI=1S/C23H31Cl2N5O2/c24-10-23-9-14(23)17(18(31)19(23)32)30-11-26-16-20(28-22(25)29-21(16)30)27-15(12-5-1-2-6-12)13-7-3-4-8-13/h11-15,17-19,31-32H,1-10H2,(H,27,28,29)/t14-,17-,18+,19+,23+/m1/s1. The van der Waals surface area contributed by atoms with Crippen molar-refractivity contribution in [3.05, 3.63) is 11.6 Å². The van der Waals surface area contributed by atoms with Gasteiger partial charge in [-0.1, -0.05) is 25.7 Å². The number of fused-ring (bicyclic) bond motifs is 2. The number of hydrogen-bond acceptors (Lipinski definition) is 6. The van der Waals surface area contributed by atoms with Crippen molar-refractivity contribution >= 4 is 40.2 Å². The molecule has 5 atom stereocenters. The van der Waals surface area contributed by atoms with Crippen LogP contribution in [0.1, 0.15) is 63.8 Å². The van der Waals surface area contributed by atoms with Crippen LogP contribution in [0.3, 0.4) is 0 Å². The average Bonchev–Trinajstić information content (AvgIpc) is 3.32. The molecule has 174 valence electrons. The van der Waals surface area contributed by atoms with E-state index >= 15 is 0 Å². The summed E-state index contributed by atoms with van der Waals surface area (Å²) in [6.45, 7) is 0. The van der Waals surface area contributed by atoms with Crippen molar-refractivity contribution in [2.24, 2.45) is 23.2 Å². The van der Waals surface area contributed by atoms with Gasteiger partial charge in [0.25, 0.3) is 0 Å². The summed E-state index contributed by atoms with van der Waals surface area (Å²) in [5.41, 5.74) is 0.884. The summed E-state index contributed by atoms with van der Waals surface area (Å²) in [4.78, 5) is 13.7. The molecule has 0 aliphatic heterocycles. The molecule has 2 heterocycles. The monoisotopic (exact) mass is 479 g/mol. The van der Waals surface area contributed by atoms with Crippen LogP contribution in [0.2, 0.25) is 5.28 Å². The molecule has 6 rings (SSSR count). The van der Waals surface area contributed by atoms with Crippen LogP contribution in [0, 0.1) is 23.2 Å². The lowest BCUT2D eigenvalue weighted by atomic mass is 9.86. The quantitative estimate of drug-likeness (QED) is 0.425. The highest BCUT2D eigenvalue weighted by Gasteiger charge is 2.71. The van der Waals surface area contributed by atoms with Gasteiger partial charge < -0.3 is 20.1 Å². The SMILES string of the molecule is O[C@H]1[C@H](n2cnc3c(NC(C4CCCC4)C4CCCC4)nc(Cl)nc32)[C@H]2C[C@@]2(CCl)[C@H]1O. The highest BCUT2D eigenvalue weighted by molar-refractivity contribution is 6.28. The van der Waals surface area contributed by atoms with Crippen LogP contribution in [0.15, 0.2) is 6.33 Å². The fourth-order valence-electron chi connectivity index (χ4n) is 7.13. The molecular formula is C23H31Cl2N5O2. The topological polar surface area (TPSA) is 96.1 Å². The molecule has 0 radical (unpaired) electrons. The Bertz CT molecular complexity index is 990. The maximum Gasteiger partial charge on any atom is 0.226 e. The summed E-state index contributed by atoms with van der Waals surface area (Å²) < 4.78 is 1.88. The number of nitrogens with one attached hydrogen (secondary N) is 1. The molecule has 2 aromatic rings. The van der Waals surface area contributed by atoms with E-state index in [1.54, 1.807) is 6.33 Å². The maximum atomic E-state index is 10.8. The van der Waals surface area contributed by atoms with E-state index in [-0.39, 0.29) is 17.2 Å². The molecular weight excluding hydrogens is 449 g/mol. The molecule has 9 heteroatoms. The van der Waals surface area contributed by atoms with Gasteiger partial charge in [-0.05, 0) is 61.5 Å². The van der Waals surface area contributed by atoms with E-state index in [4.69, 9.17) is 23.2 Å². The van der Waals surface area contributed by atoms with E-state index in [0.29, 0.717) is 40.7 Å². The third-order valence-electron chi connectivity index (χ3n) is 8.94. The Kier molecular flexibility index (Phi) is 5.32. The lowest BCUT2D eigenvalue weighted by Crippen LogP contribution is -2.35. The Morgan fingerprint density at radius 2 is 1.75 bits per heavy atom. The summed E-state index contributed by atoms with van der Waals surface area (Å²) in [5.74, 6) is 2.46. The number of halogens is 2. The van der Waals surface area contributed by atoms with Crippen molar-refractivity contribution in [3.8, 4) is 0 Å². The highest BCUT2D eigenvalue weighted by atomic mass is 35.5. The number of anilines is 1. The Hall–Kier alpha value is -1.15. The predicted molar refractivity (Wildman–Crippen MR) is 124 cm³/mol. The number of imidazole rings is 1. The largest absolute Gasteiger partial charge is 0.390 e. The van der Waals surface area contributed by atoms with Crippen molar-refractivity contribution in [3.63, 3.8) is 0 Å². The van der Waals surface area contributed by atoms with Gasteiger partial charge in [0, 0.05) is 17.3 Å². The third-order valence-corrected chi connectivity index (χ3v) is 9.60. The number of aromatic nitrogens is 4. The van der Waals surface area contributed by atoms with Crippen LogP contribution in [-0.2, 0) is 0 Å². The van der Waals surface area contributed by atoms with E-state index in [9.17, 15) is 10.2 Å². The van der Waals surface area contributed by atoms with Gasteiger partial charge in [0.15, 0.2) is 17.0 Å². The zero-order chi connectivity index (χ0) is 22.0. The van der Waals surface area contributed by atoms with E-state index in [2.05, 4.69) is 20.3 Å². The predicted octanol–water partition coefficient (Wildman–Crippen LogP) is 4.16. The van der Waals surface area contributed by atoms with Crippen LogP contribution in [0.5, 0.6) is 0 Å². The molecule has 0 unspecified atom stereocenters. The summed E-state index contributed by atoms with van der Waals surface area (Å²) in [7, 11) is 0. The van der Waals surface area contributed by atoms with Crippen LogP contribution in [0.25, 0.3) is 11.2 Å². The molecule has 4 aliphatic carbocycles. The first-order valence-electron chi connectivity index (χ1n) is 12.1. The molecule has 0 amide bonds. The first-order valence-corrected chi connectivity index (χ1v) is 13.0. The van der Waals surface area contributed by atoms with Crippen LogP contribution in [-0.4, -0.2) is 53.9 Å². The molecule has 4 saturated carbocycles. The second-order valence-electron chi connectivity index (χ2n) is 10.5. The smallest absolute Gasteiger partial charge is 0.226 e. The van der Waals surface area contributed by atoms with Gasteiger partial charge in [-0.15, -0.1) is 11.6 Å². The number of aliphatic hydroxyl groups excluding tert-OH is 2. The molecule has 7 nitrogen and oxygen atoms in total. The van der Waals surface area contributed by atoms with E-state index in [1.807, 2.05) is 4.57 Å². The molecule has 3 N–H and O–H groups in total. The molecule has 2 aromatic heterocycles. The van der Waals surface area contributed by atoms with Crippen LogP contribution < -0.4 is 5.32 Å². The van der Waals surface area contributed by atoms with Crippen LogP contribution in [0.4, 0.5) is 5.82 Å². The van der Waals surface area contributed by atoms with E-state index in [0.717, 1.165) is 6.42 Å². The van der Waals surface area contributed by atoms with Crippen molar-refractivity contribution in [2.75, 3.05) is 11.2 Å². The second kappa shape index (κ2) is 7.97. The summed E-state index contributed by atoms with van der Waals surface area (Å²) in [6, 6.07) is 0.0681. The number of rotatable bonds is 6. The van der Waals surface area contributed by atoms with Crippen molar-refractivity contribution in [1.29, 1.82) is 0 Å². The zero-order valence-corrected chi connectivity index (χ0v) is 19.6. The minimum absolute atomic E-state index is 0.109. The van der Waals surface area contributed by atoms with Crippen LogP contribution >= 0.6 is 23.2 Å². The first-order chi connectivity index (χ1) is 15.5. The number of aliphatic hydroxyl groups is 2. The second-order valence-corrected chi connectivity index (χ2v) is 11.1. The third kappa shape index (κ3) is 3.18. The molecule has 4 fully saturated rings. The van der Waals surface area contributed by atoms with Gasteiger partial charge >= 0.3 is 0 Å². The van der Waals surface area contributed by atoms with Crippen molar-refractivity contribution < 1.29 is 10.2 Å². The van der Waals surface area contributed by atoms with Crippen molar-refractivity contribution in [2.45, 2.75) is 82.1 Å². The number of hydrogen-bond donors (Lipinski definition) is 3. The molecule has 0 saturated heterocycles. The van der Waals surface area contributed by atoms with Crippen molar-refractivity contribution in [1.82, 2.24) is 19.5 Å². The Labute approximate surface area is 197 Å². The normalized spacial score (nSPS) is 35.3. The lowest BCUT2D eigenvalue weighted by molar-refractivity contribution is -0.0129. The summed E-state index contributed by atoms with van der Waals surface area (Å²) in [5, 5.41) is 25.4. The molecule has 32 heavy (non-hydrogen) atoms. The van der Waals surface area contributed by atoms with Gasteiger partial charge in [-0.3, -0.25) is 0 Å². The fourth-order valence-corrected chi connectivity index (χ4v) is 7.76. The Morgan fingerprint density at radius 3 is 2.34 bits per heavy atom. The number of alkyl halides is 1. The van der Waals surface area contributed by atoms with E-state index < -0.39 is 17.6 Å². The summed E-state index contributed by atoms with van der Waals surface area (Å²) >= 11 is 12.6. The molecule has 0 spiro atoms. The summed E-state index contributed by atoms with van der Waals surface area (Å²) in [6.07, 6.45) is 11.0. The zero-order valence-electron chi connectivity index (χ0n) is 18.1. The van der Waals surface area contributed by atoms with Gasteiger partial charge in [-0.25, -0.2) is 4.98 Å². The lowest BCUT2D eigenvalue weighted by Gasteiger charge is -2.30. The average molecular weight is 480 g/mol. The number of nitrogens with zero attached hydrogens (tertiary/aromatic N) is 4. The highest BCUT2D eigenvalue weighted by Crippen LogP contribution is 2.68. The molecule has 0 aromatic carbocycles. The molecule has 4 aliphatic rings. The maximum absolute atomic E-state index is 10.8. The Morgan fingerprint density at radius 1 is 1.09 bits per heavy atom. The van der Waals surface area contributed by atoms with E-state index in [1.165, 1.54) is 51.4 Å². The van der Waals surface area contributed by atoms with Gasteiger partial charge in [0.2, 0.25) is 5.28 Å². The van der Waals surface area contributed by atoms with Gasteiger partial charge in [-0.2, -0.15) is 9.97 Å². The Balaban J connectivity index is 1.36. The van der Waals surface area contributed by atoms with Gasteiger partial charge in [0.05, 0.1) is 18.5 Å². The minimum atomic E-state index is -0.903. The minimum Gasteiger partial charge on any atom is -0.390 e. The molecule has 0 bridgehead atoms.